The number of amides is 2. The summed E-state index contributed by atoms with van der Waals surface area (Å²) in [6.07, 6.45) is 2.85. The Balaban J connectivity index is 1.19. The Hall–Kier alpha value is -3.00. The number of ether oxygens (including phenoxy) is 1. The molecular weight excluding hydrogens is 453 g/mol. The molecule has 2 unspecified atom stereocenters. The van der Waals surface area contributed by atoms with Gasteiger partial charge in [-0.1, -0.05) is 30.3 Å². The highest BCUT2D eigenvalue weighted by molar-refractivity contribution is 8.03. The van der Waals surface area contributed by atoms with Gasteiger partial charge in [-0.3, -0.25) is 9.59 Å². The van der Waals surface area contributed by atoms with Crippen LogP contribution in [0.25, 0.3) is 0 Å². The van der Waals surface area contributed by atoms with Crippen LogP contribution in [0, 0.1) is 5.82 Å². The summed E-state index contributed by atoms with van der Waals surface area (Å²) in [5.74, 6) is 0.238. The molecule has 2 aliphatic rings. The second-order valence-electron chi connectivity index (χ2n) is 8.51. The quantitative estimate of drug-likeness (QED) is 0.561. The van der Waals surface area contributed by atoms with E-state index in [1.54, 1.807) is 24.9 Å². The lowest BCUT2D eigenvalue weighted by atomic mass is 10.0. The fraction of sp³-hybridized carbons (Fsp3) is 0.385. The van der Waals surface area contributed by atoms with E-state index < -0.39 is 0 Å². The van der Waals surface area contributed by atoms with Crippen molar-refractivity contribution in [3.05, 3.63) is 76.6 Å². The molecule has 1 fully saturated rings. The highest BCUT2D eigenvalue weighted by Gasteiger charge is 2.29. The first-order valence-electron chi connectivity index (χ1n) is 11.6. The third-order valence-corrected chi connectivity index (χ3v) is 7.19. The number of nitrogens with one attached hydrogen (secondary N) is 2. The normalized spacial score (nSPS) is 19.5. The number of benzene rings is 2. The fourth-order valence-corrected chi connectivity index (χ4v) is 5.35. The first-order valence-corrected chi connectivity index (χ1v) is 12.5. The van der Waals surface area contributed by atoms with Gasteiger partial charge in [0, 0.05) is 43.6 Å². The van der Waals surface area contributed by atoms with Gasteiger partial charge in [-0.05, 0) is 42.0 Å². The van der Waals surface area contributed by atoms with E-state index in [1.165, 1.54) is 12.1 Å². The zero-order chi connectivity index (χ0) is 23.9. The molecule has 2 N–H and O–H groups in total. The van der Waals surface area contributed by atoms with Crippen LogP contribution in [0.4, 0.5) is 4.39 Å². The van der Waals surface area contributed by atoms with Gasteiger partial charge in [0.1, 0.15) is 11.6 Å². The number of carbonyl (C=O) groups excluding carboxylic acids is 2. The number of hydrogen-bond acceptors (Lipinski definition) is 5. The molecular formula is C26H30FN3O3S. The van der Waals surface area contributed by atoms with Crippen molar-refractivity contribution in [3.8, 4) is 5.75 Å². The van der Waals surface area contributed by atoms with Crippen LogP contribution in [0.3, 0.4) is 0 Å². The Morgan fingerprint density at radius 2 is 2.03 bits per heavy atom. The van der Waals surface area contributed by atoms with Crippen LogP contribution in [-0.2, 0) is 16.0 Å². The smallest absolute Gasteiger partial charge is 0.223 e. The van der Waals surface area contributed by atoms with Crippen LogP contribution in [0.2, 0.25) is 0 Å². The van der Waals surface area contributed by atoms with Crippen molar-refractivity contribution in [2.75, 3.05) is 20.2 Å². The molecule has 0 spiro atoms. The maximum atomic E-state index is 13.6. The van der Waals surface area contributed by atoms with E-state index in [0.717, 1.165) is 36.2 Å². The molecule has 0 saturated carbocycles. The molecule has 2 amide bonds. The number of hydrogen-bond donors (Lipinski definition) is 2. The minimum Gasteiger partial charge on any atom is -0.496 e. The number of allylic oxidation sites excluding steroid dienone is 1. The summed E-state index contributed by atoms with van der Waals surface area (Å²) in [6.45, 7) is 1.18. The summed E-state index contributed by atoms with van der Waals surface area (Å²) >= 11 is 1.57. The Labute approximate surface area is 203 Å². The van der Waals surface area contributed by atoms with E-state index in [-0.39, 0.29) is 41.9 Å². The van der Waals surface area contributed by atoms with Gasteiger partial charge in [0.2, 0.25) is 11.8 Å². The molecule has 0 radical (unpaired) electrons. The minimum atomic E-state index is -0.301. The molecule has 2 aromatic rings. The number of halogens is 1. The van der Waals surface area contributed by atoms with E-state index in [1.807, 2.05) is 28.5 Å². The molecule has 1 saturated heterocycles. The number of rotatable bonds is 9. The second kappa shape index (κ2) is 11.4. The first-order chi connectivity index (χ1) is 16.5. The molecule has 6 nitrogen and oxygen atoms in total. The Morgan fingerprint density at radius 3 is 2.82 bits per heavy atom. The number of thioether (sulfide) groups is 1. The third-order valence-electron chi connectivity index (χ3n) is 6.15. The number of carbonyl (C=O) groups is 2. The van der Waals surface area contributed by atoms with Gasteiger partial charge in [0.05, 0.1) is 18.5 Å². The van der Waals surface area contributed by atoms with Crippen LogP contribution >= 0.6 is 11.8 Å². The molecule has 34 heavy (non-hydrogen) atoms. The number of likely N-dealkylation sites (tertiary alicyclic amines) is 1. The maximum Gasteiger partial charge on any atom is 0.223 e. The highest BCUT2D eigenvalue weighted by atomic mass is 32.2. The van der Waals surface area contributed by atoms with E-state index >= 15 is 0 Å². The first kappa shape index (κ1) is 24.1. The fourth-order valence-electron chi connectivity index (χ4n) is 4.47. The molecule has 8 heteroatoms. The predicted octanol–water partition coefficient (Wildman–Crippen LogP) is 4.14. The van der Waals surface area contributed by atoms with Crippen molar-refractivity contribution in [2.24, 2.45) is 0 Å². The SMILES string of the molecule is COc1ccc(F)cc1CC1=CSC(CNC(=O)CCC(=O)N2CCCC2c2ccccc2)N1. The topological polar surface area (TPSA) is 70.7 Å². The average molecular weight is 484 g/mol. The summed E-state index contributed by atoms with van der Waals surface area (Å²) in [5, 5.41) is 8.26. The predicted molar refractivity (Wildman–Crippen MR) is 132 cm³/mol. The average Bonchev–Trinajstić information content (AvgIpc) is 3.52. The van der Waals surface area contributed by atoms with Crippen molar-refractivity contribution >= 4 is 23.6 Å². The van der Waals surface area contributed by atoms with Crippen LogP contribution in [0.15, 0.2) is 59.6 Å². The second-order valence-corrected chi connectivity index (χ2v) is 9.58. The highest BCUT2D eigenvalue weighted by Crippen LogP contribution is 2.32. The Morgan fingerprint density at radius 1 is 1.21 bits per heavy atom. The molecule has 0 aromatic heterocycles. The zero-order valence-corrected chi connectivity index (χ0v) is 20.1. The summed E-state index contributed by atoms with van der Waals surface area (Å²) in [4.78, 5) is 27.1. The van der Waals surface area contributed by atoms with Gasteiger partial charge < -0.3 is 20.3 Å². The van der Waals surface area contributed by atoms with Gasteiger partial charge in [0.15, 0.2) is 0 Å². The number of nitrogens with zero attached hydrogens (tertiary/aromatic N) is 1. The van der Waals surface area contributed by atoms with Crippen LogP contribution in [-0.4, -0.2) is 42.3 Å². The summed E-state index contributed by atoms with van der Waals surface area (Å²) in [5.41, 5.74) is 2.87. The standard InChI is InChI=1S/C26H30FN3O3S/c1-33-23-10-9-20(27)14-19(23)15-21-17-34-25(29-21)16-28-24(31)11-12-26(32)30-13-5-8-22(30)18-6-3-2-4-7-18/h2-4,6-7,9-10,14,17,22,25,29H,5,8,11-13,15-16H2,1H3,(H,28,31). The summed E-state index contributed by atoms with van der Waals surface area (Å²) in [6, 6.07) is 14.7. The molecule has 0 aliphatic carbocycles. The van der Waals surface area contributed by atoms with Crippen molar-refractivity contribution in [1.29, 1.82) is 0 Å². The van der Waals surface area contributed by atoms with Gasteiger partial charge in [-0.25, -0.2) is 4.39 Å². The molecule has 2 heterocycles. The van der Waals surface area contributed by atoms with Crippen molar-refractivity contribution < 1.29 is 18.7 Å². The lowest BCUT2D eigenvalue weighted by molar-refractivity contribution is -0.134. The molecule has 0 bridgehead atoms. The number of methoxy groups -OCH3 is 1. The zero-order valence-electron chi connectivity index (χ0n) is 19.3. The lowest BCUT2D eigenvalue weighted by Gasteiger charge is -2.25. The molecule has 2 aliphatic heterocycles. The third kappa shape index (κ3) is 6.11. The van der Waals surface area contributed by atoms with E-state index in [9.17, 15) is 14.0 Å². The lowest BCUT2D eigenvalue weighted by Crippen LogP contribution is -2.37. The molecule has 180 valence electrons. The largest absolute Gasteiger partial charge is 0.496 e. The van der Waals surface area contributed by atoms with Crippen molar-refractivity contribution in [3.63, 3.8) is 0 Å². The van der Waals surface area contributed by atoms with E-state index in [2.05, 4.69) is 22.8 Å². The molecule has 2 atom stereocenters. The van der Waals surface area contributed by atoms with Gasteiger partial charge in [0.25, 0.3) is 0 Å². The monoisotopic (exact) mass is 483 g/mol. The van der Waals surface area contributed by atoms with Crippen LogP contribution < -0.4 is 15.4 Å². The molecule has 2 aromatic carbocycles. The van der Waals surface area contributed by atoms with Crippen LogP contribution in [0.5, 0.6) is 5.75 Å². The molecule has 4 rings (SSSR count). The minimum absolute atomic E-state index is 0.00440. The maximum absolute atomic E-state index is 13.6. The van der Waals surface area contributed by atoms with Crippen molar-refractivity contribution in [2.45, 2.75) is 43.5 Å². The van der Waals surface area contributed by atoms with E-state index in [4.69, 9.17) is 4.74 Å². The summed E-state index contributed by atoms with van der Waals surface area (Å²) in [7, 11) is 1.57. The van der Waals surface area contributed by atoms with Crippen LogP contribution in [0.1, 0.15) is 42.9 Å². The Bertz CT molecular complexity index is 1050. The van der Waals surface area contributed by atoms with Gasteiger partial charge in [-0.2, -0.15) is 0 Å². The van der Waals surface area contributed by atoms with Gasteiger partial charge >= 0.3 is 0 Å². The Kier molecular flexibility index (Phi) is 8.11. The van der Waals surface area contributed by atoms with E-state index in [0.29, 0.717) is 18.7 Å². The van der Waals surface area contributed by atoms with Crippen molar-refractivity contribution in [1.82, 2.24) is 15.5 Å². The van der Waals surface area contributed by atoms with Gasteiger partial charge in [-0.15, -0.1) is 11.8 Å². The summed E-state index contributed by atoms with van der Waals surface area (Å²) < 4.78 is 18.9.